The topological polar surface area (TPSA) is 66.4 Å². The van der Waals surface area contributed by atoms with Crippen LogP contribution in [0.5, 0.6) is 0 Å². The SMILES string of the molecule is CCCCSCC(=O)N[C@H](CCC)C(=O)O. The fourth-order valence-corrected chi connectivity index (χ4v) is 2.10. The van der Waals surface area contributed by atoms with Gasteiger partial charge in [-0.25, -0.2) is 4.79 Å². The molecule has 0 aliphatic rings. The maximum Gasteiger partial charge on any atom is 0.326 e. The summed E-state index contributed by atoms with van der Waals surface area (Å²) in [5, 5.41) is 11.4. The maximum absolute atomic E-state index is 11.4. The Morgan fingerprint density at radius 2 is 2.00 bits per heavy atom. The van der Waals surface area contributed by atoms with Gasteiger partial charge < -0.3 is 10.4 Å². The number of carbonyl (C=O) groups excluding carboxylic acids is 1. The first-order valence-electron chi connectivity index (χ1n) is 5.71. The lowest BCUT2D eigenvalue weighted by molar-refractivity contribution is -0.141. The van der Waals surface area contributed by atoms with Gasteiger partial charge in [0.1, 0.15) is 6.04 Å². The van der Waals surface area contributed by atoms with Gasteiger partial charge in [-0.2, -0.15) is 11.8 Å². The van der Waals surface area contributed by atoms with E-state index in [4.69, 9.17) is 5.11 Å². The number of hydrogen-bond donors (Lipinski definition) is 2. The monoisotopic (exact) mass is 247 g/mol. The van der Waals surface area contributed by atoms with Gasteiger partial charge in [-0.3, -0.25) is 4.79 Å². The normalized spacial score (nSPS) is 12.1. The highest BCUT2D eigenvalue weighted by Gasteiger charge is 2.18. The van der Waals surface area contributed by atoms with Crippen LogP contribution in [0.3, 0.4) is 0 Å². The number of rotatable bonds is 9. The second kappa shape index (κ2) is 9.51. The first kappa shape index (κ1) is 15.3. The number of carboxylic acid groups (broad SMARTS) is 1. The molecule has 0 spiro atoms. The lowest BCUT2D eigenvalue weighted by Crippen LogP contribution is -2.41. The first-order chi connectivity index (χ1) is 7.61. The molecule has 0 saturated carbocycles. The summed E-state index contributed by atoms with van der Waals surface area (Å²) < 4.78 is 0. The minimum Gasteiger partial charge on any atom is -0.480 e. The number of carboxylic acids is 1. The van der Waals surface area contributed by atoms with Crippen molar-refractivity contribution < 1.29 is 14.7 Å². The Morgan fingerprint density at radius 1 is 1.31 bits per heavy atom. The van der Waals surface area contributed by atoms with E-state index in [-0.39, 0.29) is 5.91 Å². The van der Waals surface area contributed by atoms with Crippen molar-refractivity contribution in [1.29, 1.82) is 0 Å². The Balaban J connectivity index is 3.77. The number of nitrogens with one attached hydrogen (secondary N) is 1. The number of hydrogen-bond acceptors (Lipinski definition) is 3. The Kier molecular flexibility index (Phi) is 9.09. The molecule has 0 aliphatic carbocycles. The molecule has 4 nitrogen and oxygen atoms in total. The molecular weight excluding hydrogens is 226 g/mol. The number of carbonyl (C=O) groups is 2. The Morgan fingerprint density at radius 3 is 2.50 bits per heavy atom. The highest BCUT2D eigenvalue weighted by atomic mass is 32.2. The minimum atomic E-state index is -0.950. The van der Waals surface area contributed by atoms with Gasteiger partial charge in [-0.05, 0) is 18.6 Å². The fourth-order valence-electron chi connectivity index (χ4n) is 1.19. The van der Waals surface area contributed by atoms with Gasteiger partial charge in [-0.1, -0.05) is 26.7 Å². The van der Waals surface area contributed by atoms with Crippen LogP contribution in [0.25, 0.3) is 0 Å². The van der Waals surface area contributed by atoms with E-state index in [1.54, 1.807) is 11.8 Å². The Labute approximate surface area is 101 Å². The molecule has 0 fully saturated rings. The van der Waals surface area contributed by atoms with E-state index in [1.807, 2.05) is 6.92 Å². The highest BCUT2D eigenvalue weighted by molar-refractivity contribution is 7.99. The van der Waals surface area contributed by atoms with E-state index in [2.05, 4.69) is 12.2 Å². The summed E-state index contributed by atoms with van der Waals surface area (Å²) in [6.07, 6.45) is 3.44. The fraction of sp³-hybridized carbons (Fsp3) is 0.818. The van der Waals surface area contributed by atoms with Gasteiger partial charge in [0.25, 0.3) is 0 Å². The molecular formula is C11H21NO3S. The molecule has 0 aliphatic heterocycles. The molecule has 16 heavy (non-hydrogen) atoms. The summed E-state index contributed by atoms with van der Waals surface area (Å²) in [5.74, 6) is 0.179. The van der Waals surface area contributed by atoms with Crippen molar-refractivity contribution in [3.05, 3.63) is 0 Å². The largest absolute Gasteiger partial charge is 0.480 e. The summed E-state index contributed by atoms with van der Waals surface area (Å²) in [6, 6.07) is -0.732. The number of aliphatic carboxylic acids is 1. The summed E-state index contributed by atoms with van der Waals surface area (Å²) in [4.78, 5) is 22.2. The highest BCUT2D eigenvalue weighted by Crippen LogP contribution is 2.04. The van der Waals surface area contributed by atoms with Gasteiger partial charge in [0, 0.05) is 0 Å². The standard InChI is InChI=1S/C11H21NO3S/c1-3-5-7-16-8-10(13)12-9(6-4-2)11(14)15/h9H,3-8H2,1-2H3,(H,12,13)(H,14,15)/t9-/m1/s1. The van der Waals surface area contributed by atoms with Crippen molar-refractivity contribution in [2.75, 3.05) is 11.5 Å². The molecule has 0 bridgehead atoms. The summed E-state index contributed by atoms with van der Waals surface area (Å²) in [6.45, 7) is 4.00. The molecule has 1 atom stereocenters. The van der Waals surface area contributed by atoms with Crippen LogP contribution >= 0.6 is 11.8 Å². The molecule has 2 N–H and O–H groups in total. The van der Waals surface area contributed by atoms with E-state index in [0.717, 1.165) is 25.0 Å². The third-order valence-corrected chi connectivity index (χ3v) is 3.13. The molecule has 0 aromatic carbocycles. The molecule has 0 saturated heterocycles. The smallest absolute Gasteiger partial charge is 0.326 e. The molecule has 0 aromatic heterocycles. The predicted octanol–water partition coefficient (Wildman–Crippen LogP) is 1.89. The quantitative estimate of drug-likeness (QED) is 0.611. The Bertz CT molecular complexity index is 221. The third kappa shape index (κ3) is 7.56. The molecule has 1 amide bonds. The van der Waals surface area contributed by atoms with Crippen LogP contribution in [-0.4, -0.2) is 34.5 Å². The van der Waals surface area contributed by atoms with E-state index in [0.29, 0.717) is 12.2 Å². The number of thioether (sulfide) groups is 1. The van der Waals surface area contributed by atoms with E-state index in [1.165, 1.54) is 0 Å². The van der Waals surface area contributed by atoms with Crippen molar-refractivity contribution in [1.82, 2.24) is 5.32 Å². The minimum absolute atomic E-state index is 0.179. The van der Waals surface area contributed by atoms with Crippen molar-refractivity contribution in [3.63, 3.8) is 0 Å². The van der Waals surface area contributed by atoms with Crippen LogP contribution in [-0.2, 0) is 9.59 Å². The zero-order valence-corrected chi connectivity index (χ0v) is 10.8. The average molecular weight is 247 g/mol. The first-order valence-corrected chi connectivity index (χ1v) is 6.87. The summed E-state index contributed by atoms with van der Waals surface area (Å²) in [5.41, 5.74) is 0. The van der Waals surface area contributed by atoms with Gasteiger partial charge >= 0.3 is 5.97 Å². The summed E-state index contributed by atoms with van der Waals surface area (Å²) in [7, 11) is 0. The second-order valence-corrected chi connectivity index (χ2v) is 4.76. The third-order valence-electron chi connectivity index (χ3n) is 2.09. The maximum atomic E-state index is 11.4. The van der Waals surface area contributed by atoms with Crippen LogP contribution in [0.15, 0.2) is 0 Å². The number of amides is 1. The zero-order valence-electron chi connectivity index (χ0n) is 9.99. The van der Waals surface area contributed by atoms with Crippen molar-refractivity contribution in [3.8, 4) is 0 Å². The molecule has 0 heterocycles. The lowest BCUT2D eigenvalue weighted by Gasteiger charge is -2.13. The van der Waals surface area contributed by atoms with Gasteiger partial charge in [0.15, 0.2) is 0 Å². The zero-order chi connectivity index (χ0) is 12.4. The predicted molar refractivity (Wildman–Crippen MR) is 66.7 cm³/mol. The van der Waals surface area contributed by atoms with Crippen LogP contribution in [0.4, 0.5) is 0 Å². The molecule has 0 rings (SSSR count). The van der Waals surface area contributed by atoms with Gasteiger partial charge in [-0.15, -0.1) is 0 Å². The van der Waals surface area contributed by atoms with Crippen molar-refractivity contribution >= 4 is 23.6 Å². The van der Waals surface area contributed by atoms with Crippen molar-refractivity contribution in [2.24, 2.45) is 0 Å². The van der Waals surface area contributed by atoms with Gasteiger partial charge in [0.05, 0.1) is 5.75 Å². The lowest BCUT2D eigenvalue weighted by atomic mass is 10.2. The average Bonchev–Trinajstić information content (AvgIpc) is 2.23. The van der Waals surface area contributed by atoms with Crippen LogP contribution in [0.2, 0.25) is 0 Å². The van der Waals surface area contributed by atoms with Crippen LogP contribution in [0, 0.1) is 0 Å². The molecule has 0 radical (unpaired) electrons. The Hall–Kier alpha value is -0.710. The van der Waals surface area contributed by atoms with Gasteiger partial charge in [0.2, 0.25) is 5.91 Å². The number of unbranched alkanes of at least 4 members (excludes halogenated alkanes) is 1. The molecule has 5 heteroatoms. The second-order valence-electron chi connectivity index (χ2n) is 3.65. The van der Waals surface area contributed by atoms with E-state index in [9.17, 15) is 9.59 Å². The van der Waals surface area contributed by atoms with Crippen molar-refractivity contribution in [2.45, 2.75) is 45.6 Å². The summed E-state index contributed by atoms with van der Waals surface area (Å²) >= 11 is 1.55. The van der Waals surface area contributed by atoms with E-state index >= 15 is 0 Å². The molecule has 0 unspecified atom stereocenters. The van der Waals surface area contributed by atoms with Crippen LogP contribution < -0.4 is 5.32 Å². The van der Waals surface area contributed by atoms with E-state index < -0.39 is 12.0 Å². The molecule has 0 aromatic rings. The van der Waals surface area contributed by atoms with Crippen LogP contribution in [0.1, 0.15) is 39.5 Å². The molecule has 94 valence electrons.